The van der Waals surface area contributed by atoms with Crippen LogP contribution in [0.15, 0.2) is 51.4 Å². The average Bonchev–Trinajstić information content (AvgIpc) is 2.80. The quantitative estimate of drug-likeness (QED) is 0.778. The van der Waals surface area contributed by atoms with Crippen LogP contribution in [0.1, 0.15) is 11.5 Å². The highest BCUT2D eigenvalue weighted by atomic mass is 79.9. The number of benzene rings is 2. The lowest BCUT2D eigenvalue weighted by atomic mass is 10.1. The maximum atomic E-state index is 12.0. The summed E-state index contributed by atoms with van der Waals surface area (Å²) in [6.45, 7) is 1.81. The third-order valence-electron chi connectivity index (χ3n) is 3.05. The molecular weight excluding hydrogens is 332 g/mol. The van der Waals surface area contributed by atoms with E-state index in [0.717, 1.165) is 21.2 Å². The van der Waals surface area contributed by atoms with Gasteiger partial charge in [-0.3, -0.25) is 4.79 Å². The Morgan fingerprint density at radius 3 is 2.76 bits per heavy atom. The zero-order valence-corrected chi connectivity index (χ0v) is 13.0. The molecule has 3 rings (SSSR count). The van der Waals surface area contributed by atoms with Gasteiger partial charge in [-0.25, -0.2) is 4.98 Å². The highest BCUT2D eigenvalue weighted by molar-refractivity contribution is 9.10. The molecule has 3 aromatic rings. The first-order valence-electron chi connectivity index (χ1n) is 6.52. The maximum absolute atomic E-state index is 12.0. The summed E-state index contributed by atoms with van der Waals surface area (Å²) < 4.78 is 6.45. The summed E-state index contributed by atoms with van der Waals surface area (Å²) in [7, 11) is 0. The van der Waals surface area contributed by atoms with Crippen molar-refractivity contribution in [3.63, 3.8) is 0 Å². The second-order valence-corrected chi connectivity index (χ2v) is 5.68. The highest BCUT2D eigenvalue weighted by Gasteiger charge is 2.07. The summed E-state index contributed by atoms with van der Waals surface area (Å²) in [5, 5.41) is 2.86. The van der Waals surface area contributed by atoms with Crippen molar-refractivity contribution >= 4 is 38.6 Å². The molecule has 0 spiro atoms. The number of carbonyl (C=O) groups is 1. The molecule has 5 heteroatoms. The van der Waals surface area contributed by atoms with E-state index >= 15 is 0 Å². The molecule has 1 N–H and O–H groups in total. The van der Waals surface area contributed by atoms with Crippen molar-refractivity contribution in [2.75, 3.05) is 5.32 Å². The highest BCUT2D eigenvalue weighted by Crippen LogP contribution is 2.18. The molecule has 0 aliphatic carbocycles. The number of aryl methyl sites for hydroxylation is 1. The van der Waals surface area contributed by atoms with E-state index in [0.29, 0.717) is 17.9 Å². The Bertz CT molecular complexity index is 794. The number of amides is 1. The van der Waals surface area contributed by atoms with Gasteiger partial charge in [0.15, 0.2) is 11.5 Å². The molecule has 0 saturated carbocycles. The van der Waals surface area contributed by atoms with Gasteiger partial charge in [-0.05, 0) is 42.0 Å². The summed E-state index contributed by atoms with van der Waals surface area (Å²) in [6, 6.07) is 13.1. The van der Waals surface area contributed by atoms with Gasteiger partial charge in [0, 0.05) is 17.1 Å². The van der Waals surface area contributed by atoms with Gasteiger partial charge in [0.25, 0.3) is 0 Å². The lowest BCUT2D eigenvalue weighted by Gasteiger charge is -2.05. The molecule has 4 nitrogen and oxygen atoms in total. The molecule has 0 aliphatic heterocycles. The lowest BCUT2D eigenvalue weighted by molar-refractivity contribution is -0.115. The van der Waals surface area contributed by atoms with Gasteiger partial charge in [-0.15, -0.1) is 0 Å². The summed E-state index contributed by atoms with van der Waals surface area (Å²) in [5.41, 5.74) is 3.19. The van der Waals surface area contributed by atoms with Crippen LogP contribution in [-0.2, 0) is 11.2 Å². The van der Waals surface area contributed by atoms with Crippen LogP contribution in [0.25, 0.3) is 11.1 Å². The number of nitrogens with one attached hydrogen (secondary N) is 1. The summed E-state index contributed by atoms with van der Waals surface area (Å²) in [5.74, 6) is 0.564. The zero-order chi connectivity index (χ0) is 14.8. The SMILES string of the molecule is Cc1nc2ccc(CC(=O)Nc3ccc(Br)cc3)cc2o1. The smallest absolute Gasteiger partial charge is 0.228 e. The van der Waals surface area contributed by atoms with Crippen molar-refractivity contribution in [2.45, 2.75) is 13.3 Å². The predicted molar refractivity (Wildman–Crippen MR) is 85.2 cm³/mol. The van der Waals surface area contributed by atoms with E-state index < -0.39 is 0 Å². The monoisotopic (exact) mass is 344 g/mol. The van der Waals surface area contributed by atoms with Crippen LogP contribution in [0.5, 0.6) is 0 Å². The zero-order valence-electron chi connectivity index (χ0n) is 11.4. The number of carbonyl (C=O) groups excluding carboxylic acids is 1. The molecule has 1 amide bonds. The number of nitrogens with zero attached hydrogens (tertiary/aromatic N) is 1. The van der Waals surface area contributed by atoms with Gasteiger partial charge in [-0.1, -0.05) is 22.0 Å². The fraction of sp³-hybridized carbons (Fsp3) is 0.125. The van der Waals surface area contributed by atoms with E-state index in [1.165, 1.54) is 0 Å². The van der Waals surface area contributed by atoms with E-state index in [2.05, 4.69) is 26.2 Å². The molecule has 1 heterocycles. The lowest BCUT2D eigenvalue weighted by Crippen LogP contribution is -2.14. The second kappa shape index (κ2) is 5.69. The number of aromatic nitrogens is 1. The van der Waals surface area contributed by atoms with Crippen molar-refractivity contribution in [3.05, 3.63) is 58.4 Å². The van der Waals surface area contributed by atoms with Crippen LogP contribution in [0, 0.1) is 6.92 Å². The second-order valence-electron chi connectivity index (χ2n) is 4.77. The summed E-state index contributed by atoms with van der Waals surface area (Å²) >= 11 is 3.36. The topological polar surface area (TPSA) is 55.1 Å². The molecule has 0 unspecified atom stereocenters. The van der Waals surface area contributed by atoms with E-state index in [1.54, 1.807) is 6.92 Å². The normalized spacial score (nSPS) is 10.8. The molecule has 0 aliphatic rings. The standard InChI is InChI=1S/C16H13BrN2O2/c1-10-18-14-7-2-11(8-15(14)21-10)9-16(20)19-13-5-3-12(17)4-6-13/h2-8H,9H2,1H3,(H,19,20). The van der Waals surface area contributed by atoms with Crippen LogP contribution in [0.3, 0.4) is 0 Å². The van der Waals surface area contributed by atoms with Gasteiger partial charge in [0.2, 0.25) is 5.91 Å². The molecule has 2 aromatic carbocycles. The molecule has 0 radical (unpaired) electrons. The molecule has 0 saturated heterocycles. The van der Waals surface area contributed by atoms with Crippen molar-refractivity contribution in [1.29, 1.82) is 0 Å². The molecule has 21 heavy (non-hydrogen) atoms. The Labute approximate surface area is 130 Å². The summed E-state index contributed by atoms with van der Waals surface area (Å²) in [6.07, 6.45) is 0.297. The Kier molecular flexibility index (Phi) is 3.75. The fourth-order valence-corrected chi connectivity index (χ4v) is 2.38. The van der Waals surface area contributed by atoms with Gasteiger partial charge in [0.1, 0.15) is 5.52 Å². The number of rotatable bonds is 3. The maximum Gasteiger partial charge on any atom is 0.228 e. The van der Waals surface area contributed by atoms with E-state index in [1.807, 2.05) is 42.5 Å². The Balaban J connectivity index is 1.71. The van der Waals surface area contributed by atoms with Crippen LogP contribution < -0.4 is 5.32 Å². The van der Waals surface area contributed by atoms with Crippen molar-refractivity contribution < 1.29 is 9.21 Å². The third-order valence-corrected chi connectivity index (χ3v) is 3.58. The molecule has 0 bridgehead atoms. The van der Waals surface area contributed by atoms with E-state index in [9.17, 15) is 4.79 Å². The van der Waals surface area contributed by atoms with E-state index in [4.69, 9.17) is 4.42 Å². The Morgan fingerprint density at radius 2 is 2.00 bits per heavy atom. The third kappa shape index (κ3) is 3.31. The number of hydrogen-bond donors (Lipinski definition) is 1. The molecule has 106 valence electrons. The first-order valence-corrected chi connectivity index (χ1v) is 7.31. The van der Waals surface area contributed by atoms with Gasteiger partial charge in [-0.2, -0.15) is 0 Å². The van der Waals surface area contributed by atoms with Gasteiger partial charge < -0.3 is 9.73 Å². The first-order chi connectivity index (χ1) is 10.1. The molecule has 1 aromatic heterocycles. The average molecular weight is 345 g/mol. The fourth-order valence-electron chi connectivity index (χ4n) is 2.12. The minimum atomic E-state index is -0.0621. The summed E-state index contributed by atoms with van der Waals surface area (Å²) in [4.78, 5) is 16.3. The largest absolute Gasteiger partial charge is 0.441 e. The van der Waals surface area contributed by atoms with Gasteiger partial charge in [0.05, 0.1) is 6.42 Å². The molecular formula is C16H13BrN2O2. The number of fused-ring (bicyclic) bond motifs is 1. The van der Waals surface area contributed by atoms with Crippen molar-refractivity contribution in [2.24, 2.45) is 0 Å². The molecule has 0 fully saturated rings. The van der Waals surface area contributed by atoms with Crippen LogP contribution in [0.2, 0.25) is 0 Å². The number of anilines is 1. The van der Waals surface area contributed by atoms with Crippen LogP contribution >= 0.6 is 15.9 Å². The van der Waals surface area contributed by atoms with E-state index in [-0.39, 0.29) is 5.91 Å². The number of halogens is 1. The van der Waals surface area contributed by atoms with Crippen molar-refractivity contribution in [1.82, 2.24) is 4.98 Å². The molecule has 0 atom stereocenters. The Hall–Kier alpha value is -2.14. The van der Waals surface area contributed by atoms with Crippen LogP contribution in [0.4, 0.5) is 5.69 Å². The minimum Gasteiger partial charge on any atom is -0.441 e. The number of oxazole rings is 1. The predicted octanol–water partition coefficient (Wildman–Crippen LogP) is 4.08. The van der Waals surface area contributed by atoms with Gasteiger partial charge >= 0.3 is 0 Å². The van der Waals surface area contributed by atoms with Crippen molar-refractivity contribution in [3.8, 4) is 0 Å². The Morgan fingerprint density at radius 1 is 1.24 bits per heavy atom. The number of hydrogen-bond acceptors (Lipinski definition) is 3. The minimum absolute atomic E-state index is 0.0621. The first kappa shape index (κ1) is 13.8. The van der Waals surface area contributed by atoms with Crippen LogP contribution in [-0.4, -0.2) is 10.9 Å².